The first-order valence-corrected chi connectivity index (χ1v) is 6.61. The van der Waals surface area contributed by atoms with E-state index in [1.165, 1.54) is 21.3 Å². The molecule has 0 atom stereocenters. The first-order chi connectivity index (χ1) is 8.76. The molecule has 19 heavy (non-hydrogen) atoms. The van der Waals surface area contributed by atoms with E-state index in [-0.39, 0.29) is 13.0 Å². The lowest BCUT2D eigenvalue weighted by Gasteiger charge is -2.29. The van der Waals surface area contributed by atoms with Gasteiger partial charge >= 0.3 is 6.03 Å². The van der Waals surface area contributed by atoms with Gasteiger partial charge in [-0.1, -0.05) is 5.17 Å². The number of hydrazine groups is 2. The summed E-state index contributed by atoms with van der Waals surface area (Å²) in [6.07, 6.45) is -0.0431. The van der Waals surface area contributed by atoms with Crippen LogP contribution in [0.15, 0.2) is 0 Å². The number of hydrogen-bond acceptors (Lipinski definition) is 8. The molecule has 0 unspecified atom stereocenters. The third-order valence-corrected chi connectivity index (χ3v) is 2.65. The molecule has 0 bridgehead atoms. The smallest absolute Gasteiger partial charge is 0.286 e. The molecule has 0 fully saturated rings. The molecule has 0 aromatic heterocycles. The molecule has 0 aromatic carbocycles. The van der Waals surface area contributed by atoms with Crippen LogP contribution in [0, 0.1) is 0 Å². The van der Waals surface area contributed by atoms with Crippen molar-refractivity contribution in [1.82, 2.24) is 15.5 Å². The summed E-state index contributed by atoms with van der Waals surface area (Å²) in [6.45, 7) is -0.125. The Labute approximate surface area is 110 Å². The van der Waals surface area contributed by atoms with Crippen molar-refractivity contribution in [1.29, 1.82) is 0 Å². The van der Waals surface area contributed by atoms with Crippen LogP contribution in [0.3, 0.4) is 0 Å². The van der Waals surface area contributed by atoms with Gasteiger partial charge in [0.1, 0.15) is 0 Å². The Morgan fingerprint density at radius 1 is 1.21 bits per heavy atom. The van der Waals surface area contributed by atoms with Gasteiger partial charge in [-0.25, -0.2) is 10.6 Å². The second-order valence-electron chi connectivity index (χ2n) is 3.17. The minimum Gasteiger partial charge on any atom is -0.286 e. The Hall–Kier alpha value is -1.02. The molecule has 2 amide bonds. The molecular weight excluding hydrogens is 284 g/mol. The van der Waals surface area contributed by atoms with Gasteiger partial charge in [-0.05, 0) is 6.42 Å². The zero-order chi connectivity index (χ0) is 15.1. The highest BCUT2D eigenvalue weighted by Gasteiger charge is 2.26. The van der Waals surface area contributed by atoms with Crippen LogP contribution >= 0.6 is 0 Å². The second-order valence-corrected chi connectivity index (χ2v) is 4.75. The number of amides is 2. The van der Waals surface area contributed by atoms with Crippen LogP contribution in [0.5, 0.6) is 0 Å². The van der Waals surface area contributed by atoms with Crippen LogP contribution in [-0.4, -0.2) is 68.1 Å². The predicted molar refractivity (Wildman–Crippen MR) is 62.0 cm³/mol. The number of rotatable bonds is 8. The predicted octanol–water partition coefficient (Wildman–Crippen LogP) is -1.24. The van der Waals surface area contributed by atoms with Gasteiger partial charge in [0.2, 0.25) is 0 Å². The minimum atomic E-state index is -4.10. The van der Waals surface area contributed by atoms with Crippen molar-refractivity contribution < 1.29 is 32.3 Å². The summed E-state index contributed by atoms with van der Waals surface area (Å²) < 4.78 is 29.5. The van der Waals surface area contributed by atoms with Crippen molar-refractivity contribution in [2.75, 3.05) is 33.6 Å². The second kappa shape index (κ2) is 8.21. The lowest BCUT2D eigenvalue weighted by atomic mass is 10.5. The average molecular weight is 302 g/mol. The van der Waals surface area contributed by atoms with Gasteiger partial charge in [0, 0.05) is 6.54 Å². The van der Waals surface area contributed by atoms with Crippen molar-refractivity contribution in [3.8, 4) is 0 Å². The van der Waals surface area contributed by atoms with Gasteiger partial charge in [0.15, 0.2) is 0 Å². The Morgan fingerprint density at radius 2 is 1.74 bits per heavy atom. The van der Waals surface area contributed by atoms with E-state index in [2.05, 4.69) is 9.68 Å². The molecular formula is C7H18N4O7S. The van der Waals surface area contributed by atoms with Crippen molar-refractivity contribution in [3.63, 3.8) is 0 Å². The van der Waals surface area contributed by atoms with E-state index in [0.717, 1.165) is 0 Å². The summed E-state index contributed by atoms with van der Waals surface area (Å²) in [6, 6.07) is -0.860. The first-order valence-electron chi connectivity index (χ1n) is 5.00. The maximum Gasteiger partial charge on any atom is 0.377 e. The van der Waals surface area contributed by atoms with Gasteiger partial charge in [-0.2, -0.15) is 8.42 Å². The van der Waals surface area contributed by atoms with E-state index in [4.69, 9.17) is 15.2 Å². The quantitative estimate of drug-likeness (QED) is 0.244. The zero-order valence-corrected chi connectivity index (χ0v) is 11.7. The molecule has 0 saturated carbocycles. The van der Waals surface area contributed by atoms with E-state index in [1.807, 2.05) is 0 Å². The van der Waals surface area contributed by atoms with Crippen LogP contribution in [0.4, 0.5) is 4.79 Å². The van der Waals surface area contributed by atoms with E-state index in [0.29, 0.717) is 15.5 Å². The fraction of sp³-hybridized carbons (Fsp3) is 0.857. The van der Waals surface area contributed by atoms with Crippen LogP contribution < -0.4 is 5.84 Å². The minimum absolute atomic E-state index is 0.0431. The molecule has 0 saturated heterocycles. The number of nitrogens with zero attached hydrogens (tertiary/aromatic N) is 3. The number of carbonyl (C=O) groups excluding carboxylic acids is 1. The monoisotopic (exact) mass is 302 g/mol. The van der Waals surface area contributed by atoms with Gasteiger partial charge in [0.05, 0.1) is 32.4 Å². The fourth-order valence-corrected chi connectivity index (χ4v) is 1.55. The highest BCUT2D eigenvalue weighted by Crippen LogP contribution is 2.03. The summed E-state index contributed by atoms with van der Waals surface area (Å²) in [5.41, 5.74) is 0. The molecule has 0 spiro atoms. The van der Waals surface area contributed by atoms with Gasteiger partial charge < -0.3 is 0 Å². The fourth-order valence-electron chi connectivity index (χ4n) is 1.06. The molecule has 11 nitrogen and oxygen atoms in total. The number of carbonyl (C=O) groups is 1. The molecule has 114 valence electrons. The normalized spacial score (nSPS) is 11.7. The van der Waals surface area contributed by atoms with E-state index in [1.54, 1.807) is 0 Å². The Bertz CT molecular complexity index is 372. The van der Waals surface area contributed by atoms with Crippen molar-refractivity contribution in [2.45, 2.75) is 6.42 Å². The summed E-state index contributed by atoms with van der Waals surface area (Å²) in [5, 5.41) is 1.86. The van der Waals surface area contributed by atoms with E-state index < -0.39 is 21.9 Å². The first kappa shape index (κ1) is 18.0. The third-order valence-electron chi connectivity index (χ3n) is 1.84. The Kier molecular flexibility index (Phi) is 7.77. The van der Waals surface area contributed by atoms with Crippen LogP contribution in [0.2, 0.25) is 0 Å². The highest BCUT2D eigenvalue weighted by atomic mass is 32.2. The molecule has 12 heteroatoms. The highest BCUT2D eigenvalue weighted by molar-refractivity contribution is 7.85. The van der Waals surface area contributed by atoms with E-state index >= 15 is 0 Å². The maximum atomic E-state index is 11.8. The number of hydrogen-bond donors (Lipinski definition) is 2. The lowest BCUT2D eigenvalue weighted by molar-refractivity contribution is -0.493. The zero-order valence-electron chi connectivity index (χ0n) is 10.8. The van der Waals surface area contributed by atoms with Crippen LogP contribution in [0.25, 0.3) is 0 Å². The van der Waals surface area contributed by atoms with Crippen LogP contribution in [0.1, 0.15) is 6.42 Å². The molecule has 3 N–H and O–H groups in total. The number of hydroxylamine groups is 1. The van der Waals surface area contributed by atoms with Gasteiger partial charge in [0.25, 0.3) is 10.1 Å². The van der Waals surface area contributed by atoms with Crippen molar-refractivity contribution in [2.24, 2.45) is 5.84 Å². The van der Waals surface area contributed by atoms with Gasteiger partial charge in [-0.3, -0.25) is 24.1 Å². The van der Waals surface area contributed by atoms with E-state index in [9.17, 15) is 13.2 Å². The topological polar surface area (TPSA) is 135 Å². The largest absolute Gasteiger partial charge is 0.377 e. The van der Waals surface area contributed by atoms with Crippen LogP contribution in [-0.2, 0) is 24.6 Å². The van der Waals surface area contributed by atoms with Gasteiger partial charge in [-0.15, -0.1) is 0 Å². The summed E-state index contributed by atoms with van der Waals surface area (Å²) in [7, 11) is -0.471. The molecule has 0 rings (SSSR count). The molecule has 0 aliphatic carbocycles. The molecule has 0 radical (unpaired) electrons. The Morgan fingerprint density at radius 3 is 2.11 bits per heavy atom. The van der Waals surface area contributed by atoms with Crippen molar-refractivity contribution in [3.05, 3.63) is 0 Å². The van der Waals surface area contributed by atoms with Crippen molar-refractivity contribution >= 4 is 16.1 Å². The molecule has 0 heterocycles. The summed E-state index contributed by atoms with van der Waals surface area (Å²) in [4.78, 5) is 25.8. The maximum absolute atomic E-state index is 11.8. The number of urea groups is 1. The Balaban J connectivity index is 4.44. The number of nitrogens with two attached hydrogens (primary N) is 1. The molecule has 0 aromatic rings. The standard InChI is InChI=1S/C7H18N4O7S/c1-16-10(11(17-2)18-3)7(12)9(8)5-4-6-19(13,14)15/h4-6,8H2,1-3H3,(H,13,14,15). The average Bonchev–Trinajstić information content (AvgIpc) is 2.33. The summed E-state index contributed by atoms with van der Waals surface area (Å²) in [5.74, 6) is 4.90. The third kappa shape index (κ3) is 6.63. The summed E-state index contributed by atoms with van der Waals surface area (Å²) >= 11 is 0. The molecule has 0 aliphatic heterocycles. The SMILES string of the molecule is CON(OC)N(OC)C(=O)N(N)CCCS(=O)(=O)O. The molecule has 0 aliphatic rings. The lowest BCUT2D eigenvalue weighted by Crippen LogP contribution is -2.53.